The molecular weight excluding hydrogens is 430 g/mol. The molecule has 3 amide bonds. The van der Waals surface area contributed by atoms with Crippen molar-refractivity contribution < 1.29 is 23.1 Å². The van der Waals surface area contributed by atoms with Gasteiger partial charge >= 0.3 is 12.1 Å². The van der Waals surface area contributed by atoms with Gasteiger partial charge < -0.3 is 24.8 Å². The van der Waals surface area contributed by atoms with Crippen molar-refractivity contribution in [2.24, 2.45) is 11.3 Å². The second-order valence-electron chi connectivity index (χ2n) is 11.1. The second-order valence-corrected chi connectivity index (χ2v) is 11.1. The Bertz CT molecular complexity index is 744. The first-order valence-electron chi connectivity index (χ1n) is 12.9. The lowest BCUT2D eigenvalue weighted by atomic mass is 9.64. The van der Waals surface area contributed by atoms with E-state index in [1.165, 1.54) is 0 Å². The van der Waals surface area contributed by atoms with Crippen molar-refractivity contribution in [1.29, 1.82) is 0 Å². The Kier molecular flexibility index (Phi) is 6.20. The predicted molar refractivity (Wildman–Crippen MR) is 119 cm³/mol. The topological polar surface area (TPSA) is 65.1 Å². The zero-order valence-corrected chi connectivity index (χ0v) is 19.7. The van der Waals surface area contributed by atoms with Gasteiger partial charge in [0.05, 0.1) is 6.61 Å². The zero-order valence-electron chi connectivity index (χ0n) is 19.7. The standard InChI is InChI=1S/C24H38F2N4O3/c1-2-33-22(32)29-11-7-23(16-29)14-19(15-23)28-9-5-17(6-10-28)20-4-3-8-30(20)21(31)27-18-12-24(25,26)13-18/h17-20H,2-16H2,1H3,(H,27,31). The molecule has 2 saturated carbocycles. The molecule has 0 aromatic heterocycles. The Morgan fingerprint density at radius 2 is 1.76 bits per heavy atom. The van der Waals surface area contributed by atoms with E-state index in [0.717, 1.165) is 77.7 Å². The van der Waals surface area contributed by atoms with E-state index in [1.807, 2.05) is 16.7 Å². The number of carbonyl (C=O) groups excluding carboxylic acids is 2. The van der Waals surface area contributed by atoms with Gasteiger partial charge in [-0.15, -0.1) is 0 Å². The van der Waals surface area contributed by atoms with Gasteiger partial charge in [0.1, 0.15) is 0 Å². The molecule has 3 saturated heterocycles. The summed E-state index contributed by atoms with van der Waals surface area (Å²) < 4.78 is 31.4. The Hall–Kier alpha value is -1.64. The summed E-state index contributed by atoms with van der Waals surface area (Å²) in [7, 11) is 0. The maximum atomic E-state index is 13.1. The van der Waals surface area contributed by atoms with E-state index in [1.54, 1.807) is 0 Å². The van der Waals surface area contributed by atoms with Crippen LogP contribution < -0.4 is 5.32 Å². The molecule has 3 heterocycles. The average Bonchev–Trinajstić information content (AvgIpc) is 3.40. The summed E-state index contributed by atoms with van der Waals surface area (Å²) in [6.07, 6.45) is 6.99. The Labute approximate surface area is 195 Å². The summed E-state index contributed by atoms with van der Waals surface area (Å²) >= 11 is 0. The number of alkyl halides is 2. The van der Waals surface area contributed by atoms with Crippen molar-refractivity contribution in [2.45, 2.75) is 88.8 Å². The van der Waals surface area contributed by atoms with E-state index in [9.17, 15) is 18.4 Å². The van der Waals surface area contributed by atoms with E-state index in [-0.39, 0.29) is 42.5 Å². The molecule has 5 rings (SSSR count). The lowest BCUT2D eigenvalue weighted by Crippen LogP contribution is -2.57. The number of hydrogen-bond donors (Lipinski definition) is 1. The number of nitrogens with zero attached hydrogens (tertiary/aromatic N) is 3. The number of hydrogen-bond acceptors (Lipinski definition) is 4. The number of halogens is 2. The molecule has 0 aromatic rings. The first kappa shape index (κ1) is 23.1. The van der Waals surface area contributed by atoms with E-state index in [2.05, 4.69) is 10.2 Å². The van der Waals surface area contributed by atoms with Crippen LogP contribution in [-0.2, 0) is 4.74 Å². The molecule has 0 bridgehead atoms. The maximum Gasteiger partial charge on any atom is 0.409 e. The molecule has 0 radical (unpaired) electrons. The van der Waals surface area contributed by atoms with Crippen molar-refractivity contribution in [3.8, 4) is 0 Å². The van der Waals surface area contributed by atoms with Gasteiger partial charge in [-0.05, 0) is 76.3 Å². The van der Waals surface area contributed by atoms with Gasteiger partial charge in [0.2, 0.25) is 0 Å². The molecule has 1 spiro atoms. The molecule has 0 aromatic carbocycles. The predicted octanol–water partition coefficient (Wildman–Crippen LogP) is 3.68. The van der Waals surface area contributed by atoms with Crippen LogP contribution in [0.1, 0.15) is 64.7 Å². The smallest absolute Gasteiger partial charge is 0.409 e. The van der Waals surface area contributed by atoms with Crippen LogP contribution in [0, 0.1) is 11.3 Å². The Morgan fingerprint density at radius 3 is 2.42 bits per heavy atom. The molecule has 1 N–H and O–H groups in total. The third-order valence-corrected chi connectivity index (χ3v) is 8.91. The molecule has 7 nitrogen and oxygen atoms in total. The SMILES string of the molecule is CCOC(=O)N1CCC2(CC(N3CCC(C4CCCN4C(=O)NC4CC(F)(F)C4)CC3)C2)C1. The van der Waals surface area contributed by atoms with Crippen LogP contribution in [0.3, 0.4) is 0 Å². The maximum absolute atomic E-state index is 13.1. The average molecular weight is 469 g/mol. The van der Waals surface area contributed by atoms with Crippen molar-refractivity contribution >= 4 is 12.1 Å². The molecule has 2 aliphatic carbocycles. The molecule has 33 heavy (non-hydrogen) atoms. The molecule has 9 heteroatoms. The summed E-state index contributed by atoms with van der Waals surface area (Å²) in [5.41, 5.74) is 0.285. The van der Waals surface area contributed by atoms with Crippen molar-refractivity contribution in [3.63, 3.8) is 0 Å². The van der Waals surface area contributed by atoms with Gasteiger partial charge in [-0.2, -0.15) is 0 Å². The van der Waals surface area contributed by atoms with Crippen LogP contribution >= 0.6 is 0 Å². The highest BCUT2D eigenvalue weighted by atomic mass is 19.3. The molecule has 1 unspecified atom stereocenters. The molecule has 3 aliphatic heterocycles. The van der Waals surface area contributed by atoms with Gasteiger partial charge in [-0.1, -0.05) is 0 Å². The van der Waals surface area contributed by atoms with Crippen LogP contribution in [0.5, 0.6) is 0 Å². The molecular formula is C24H38F2N4O3. The van der Waals surface area contributed by atoms with Crippen LogP contribution in [0.25, 0.3) is 0 Å². The van der Waals surface area contributed by atoms with Gasteiger partial charge in [0.25, 0.3) is 5.92 Å². The normalized spacial score (nSPS) is 30.3. The highest BCUT2D eigenvalue weighted by Gasteiger charge is 2.52. The Balaban J connectivity index is 1.06. The Morgan fingerprint density at radius 1 is 1.03 bits per heavy atom. The highest BCUT2D eigenvalue weighted by molar-refractivity contribution is 5.75. The van der Waals surface area contributed by atoms with Crippen molar-refractivity contribution in [1.82, 2.24) is 20.0 Å². The largest absolute Gasteiger partial charge is 0.450 e. The fourth-order valence-corrected chi connectivity index (χ4v) is 7.06. The fraction of sp³-hybridized carbons (Fsp3) is 0.917. The van der Waals surface area contributed by atoms with Crippen molar-refractivity contribution in [2.75, 3.05) is 39.3 Å². The van der Waals surface area contributed by atoms with Crippen LogP contribution in [0.15, 0.2) is 0 Å². The zero-order chi connectivity index (χ0) is 23.2. The van der Waals surface area contributed by atoms with E-state index >= 15 is 0 Å². The van der Waals surface area contributed by atoms with E-state index in [4.69, 9.17) is 4.74 Å². The number of nitrogens with one attached hydrogen (secondary N) is 1. The minimum absolute atomic E-state index is 0.145. The first-order chi connectivity index (χ1) is 15.8. The van der Waals surface area contributed by atoms with Gasteiger partial charge in [-0.25, -0.2) is 18.4 Å². The number of rotatable bonds is 4. The van der Waals surface area contributed by atoms with Crippen LogP contribution in [0.2, 0.25) is 0 Å². The molecule has 1 atom stereocenters. The molecule has 5 aliphatic rings. The quantitative estimate of drug-likeness (QED) is 0.684. The third kappa shape index (κ3) is 4.66. The van der Waals surface area contributed by atoms with Crippen molar-refractivity contribution in [3.05, 3.63) is 0 Å². The molecule has 5 fully saturated rings. The second kappa shape index (κ2) is 8.86. The summed E-state index contributed by atoms with van der Waals surface area (Å²) in [4.78, 5) is 31.2. The summed E-state index contributed by atoms with van der Waals surface area (Å²) in [5, 5.41) is 2.84. The minimum atomic E-state index is -2.61. The number of likely N-dealkylation sites (tertiary alicyclic amines) is 3. The minimum Gasteiger partial charge on any atom is -0.450 e. The monoisotopic (exact) mass is 468 g/mol. The van der Waals surface area contributed by atoms with Crippen LogP contribution in [-0.4, -0.2) is 90.2 Å². The van der Waals surface area contributed by atoms with E-state index in [0.29, 0.717) is 18.6 Å². The number of urea groups is 1. The number of amides is 3. The summed E-state index contributed by atoms with van der Waals surface area (Å²) in [6, 6.07) is 0.329. The van der Waals surface area contributed by atoms with Gasteiger partial charge in [0.15, 0.2) is 0 Å². The summed E-state index contributed by atoms with van der Waals surface area (Å²) in [5.74, 6) is -2.11. The van der Waals surface area contributed by atoms with E-state index < -0.39 is 5.92 Å². The first-order valence-corrected chi connectivity index (χ1v) is 12.9. The number of piperidine rings is 1. The van der Waals surface area contributed by atoms with Gasteiger partial charge in [-0.3, -0.25) is 0 Å². The lowest BCUT2D eigenvalue weighted by Gasteiger charge is -2.52. The van der Waals surface area contributed by atoms with Gasteiger partial charge in [0, 0.05) is 50.6 Å². The van der Waals surface area contributed by atoms with Crippen LogP contribution in [0.4, 0.5) is 18.4 Å². The summed E-state index contributed by atoms with van der Waals surface area (Å²) in [6.45, 7) is 6.78. The highest BCUT2D eigenvalue weighted by Crippen LogP contribution is 2.51. The third-order valence-electron chi connectivity index (χ3n) is 8.91. The lowest BCUT2D eigenvalue weighted by molar-refractivity contribution is -0.0904. The number of carbonyl (C=O) groups is 2. The fourth-order valence-electron chi connectivity index (χ4n) is 7.06. The number of ether oxygens (including phenoxy) is 1. The molecule has 186 valence electrons.